The second-order valence-electron chi connectivity index (χ2n) is 4.56. The lowest BCUT2D eigenvalue weighted by Gasteiger charge is -2.14. The number of halogens is 1. The molecule has 0 aliphatic rings. The number of nitrogens with one attached hydrogen (secondary N) is 1. The van der Waals surface area contributed by atoms with E-state index >= 15 is 0 Å². The van der Waals surface area contributed by atoms with Crippen LogP contribution in [0.15, 0.2) is 48.5 Å². The Hall–Kier alpha value is -2.96. The lowest BCUT2D eigenvalue weighted by Crippen LogP contribution is -2.29. The van der Waals surface area contributed by atoms with Crippen LogP contribution in [-0.2, 0) is 0 Å². The molecule has 0 fully saturated rings. The van der Waals surface area contributed by atoms with Crippen LogP contribution in [0.25, 0.3) is 0 Å². The van der Waals surface area contributed by atoms with Crippen molar-refractivity contribution in [2.75, 3.05) is 0 Å². The monoisotopic (exact) mass is 304 g/mol. The molecule has 0 bridgehead atoms. The first-order valence-corrected chi connectivity index (χ1v) is 6.44. The first kappa shape index (κ1) is 15.4. The number of benzene rings is 2. The van der Waals surface area contributed by atoms with Gasteiger partial charge in [-0.3, -0.25) is 10.1 Å². The number of hydrogen-bond acceptors (Lipinski definition) is 4. The fraction of sp³-hybridized carbons (Fsp3) is 0.133. The van der Waals surface area contributed by atoms with Crippen LogP contribution >= 0.6 is 0 Å². The van der Waals surface area contributed by atoms with Crippen LogP contribution < -0.4 is 10.1 Å². The van der Waals surface area contributed by atoms with Crippen LogP contribution in [0.3, 0.4) is 0 Å². The Labute approximate surface area is 125 Å². The first-order valence-electron chi connectivity index (χ1n) is 6.44. The maximum atomic E-state index is 13.1. The molecule has 1 N–H and O–H groups in total. The number of non-ortho nitro benzene ring substituents is 1. The summed E-state index contributed by atoms with van der Waals surface area (Å²) in [7, 11) is 0. The summed E-state index contributed by atoms with van der Waals surface area (Å²) < 4.78 is 18.1. The van der Waals surface area contributed by atoms with Crippen LogP contribution in [-0.4, -0.2) is 11.0 Å². The van der Waals surface area contributed by atoms with E-state index in [0.717, 1.165) is 0 Å². The highest BCUT2D eigenvalue weighted by Gasteiger charge is 2.12. The molecule has 2 rings (SSSR count). The number of carbonyl (C=O) groups is 1. The average molecular weight is 304 g/mol. The molecule has 22 heavy (non-hydrogen) atoms. The molecule has 0 spiro atoms. The molecule has 114 valence electrons. The van der Waals surface area contributed by atoms with Crippen molar-refractivity contribution in [3.05, 3.63) is 70.0 Å². The predicted molar refractivity (Wildman–Crippen MR) is 77.1 cm³/mol. The van der Waals surface area contributed by atoms with E-state index in [4.69, 9.17) is 4.74 Å². The number of hydrogen-bond donors (Lipinski definition) is 1. The minimum absolute atomic E-state index is 0.0964. The SMILES string of the molecule is C[C@H](NC(=O)Oc1ccc([N+](=O)[O-])cc1)c1cccc(F)c1. The normalized spacial score (nSPS) is 11.5. The number of amides is 1. The van der Waals surface area contributed by atoms with Crippen molar-refractivity contribution >= 4 is 11.8 Å². The van der Waals surface area contributed by atoms with Gasteiger partial charge in [0, 0.05) is 12.1 Å². The second-order valence-corrected chi connectivity index (χ2v) is 4.56. The quantitative estimate of drug-likeness (QED) is 0.691. The highest BCUT2D eigenvalue weighted by Crippen LogP contribution is 2.18. The molecular formula is C15H13FN2O4. The Morgan fingerprint density at radius 1 is 1.27 bits per heavy atom. The van der Waals surface area contributed by atoms with Crippen LogP contribution in [0.5, 0.6) is 5.75 Å². The van der Waals surface area contributed by atoms with Gasteiger partial charge in [0.25, 0.3) is 5.69 Å². The second kappa shape index (κ2) is 6.66. The standard InChI is InChI=1S/C15H13FN2O4/c1-10(11-3-2-4-12(16)9-11)17-15(19)22-14-7-5-13(6-8-14)18(20)21/h2-10H,1H3,(H,17,19)/t10-/m0/s1. The lowest BCUT2D eigenvalue weighted by atomic mass is 10.1. The molecule has 6 nitrogen and oxygen atoms in total. The summed E-state index contributed by atoms with van der Waals surface area (Å²) in [5.74, 6) is -0.218. The number of nitrogens with zero attached hydrogens (tertiary/aromatic N) is 1. The molecule has 0 heterocycles. The molecule has 2 aromatic carbocycles. The first-order chi connectivity index (χ1) is 10.5. The van der Waals surface area contributed by atoms with Crippen molar-refractivity contribution in [3.8, 4) is 5.75 Å². The van der Waals surface area contributed by atoms with Crippen LogP contribution in [0.4, 0.5) is 14.9 Å². The smallest absolute Gasteiger partial charge is 0.410 e. The lowest BCUT2D eigenvalue weighted by molar-refractivity contribution is -0.384. The van der Waals surface area contributed by atoms with Crippen LogP contribution in [0, 0.1) is 15.9 Å². The van der Waals surface area contributed by atoms with Crippen LogP contribution in [0.2, 0.25) is 0 Å². The fourth-order valence-corrected chi connectivity index (χ4v) is 1.81. The van der Waals surface area contributed by atoms with E-state index in [1.165, 1.54) is 36.4 Å². The van der Waals surface area contributed by atoms with E-state index in [-0.39, 0.29) is 11.4 Å². The molecule has 2 aromatic rings. The Morgan fingerprint density at radius 3 is 2.55 bits per heavy atom. The van der Waals surface area contributed by atoms with Gasteiger partial charge in [0.05, 0.1) is 11.0 Å². The van der Waals surface area contributed by atoms with Gasteiger partial charge < -0.3 is 10.1 Å². The molecular weight excluding hydrogens is 291 g/mol. The van der Waals surface area contributed by atoms with Gasteiger partial charge in [0.2, 0.25) is 0 Å². The van der Waals surface area contributed by atoms with Crippen LogP contribution in [0.1, 0.15) is 18.5 Å². The third kappa shape index (κ3) is 4.02. The zero-order chi connectivity index (χ0) is 16.1. The molecule has 0 aromatic heterocycles. The average Bonchev–Trinajstić information content (AvgIpc) is 2.47. The van der Waals surface area contributed by atoms with E-state index in [0.29, 0.717) is 5.56 Å². The van der Waals surface area contributed by atoms with Gasteiger partial charge in [0.1, 0.15) is 11.6 Å². The molecule has 0 unspecified atom stereocenters. The summed E-state index contributed by atoms with van der Waals surface area (Å²) in [6.07, 6.45) is -0.731. The summed E-state index contributed by atoms with van der Waals surface area (Å²) in [5, 5.41) is 13.1. The summed E-state index contributed by atoms with van der Waals surface area (Å²) in [6, 6.07) is 10.5. The Kier molecular flexibility index (Phi) is 4.67. The van der Waals surface area contributed by atoms with Crippen molar-refractivity contribution in [1.82, 2.24) is 5.32 Å². The van der Waals surface area contributed by atoms with E-state index in [1.54, 1.807) is 19.1 Å². The van der Waals surface area contributed by atoms with Gasteiger partial charge in [-0.1, -0.05) is 12.1 Å². The Morgan fingerprint density at radius 2 is 1.95 bits per heavy atom. The molecule has 0 radical (unpaired) electrons. The van der Waals surface area contributed by atoms with Gasteiger partial charge in [0.15, 0.2) is 0 Å². The van der Waals surface area contributed by atoms with Gasteiger partial charge >= 0.3 is 6.09 Å². The van der Waals surface area contributed by atoms with E-state index in [2.05, 4.69) is 5.32 Å². The Bertz CT molecular complexity index is 688. The summed E-state index contributed by atoms with van der Waals surface area (Å²) >= 11 is 0. The molecule has 0 saturated heterocycles. The predicted octanol–water partition coefficient (Wildman–Crippen LogP) is 3.58. The molecule has 7 heteroatoms. The zero-order valence-corrected chi connectivity index (χ0v) is 11.7. The summed E-state index contributed by atoms with van der Waals surface area (Å²) in [5.41, 5.74) is 0.501. The topological polar surface area (TPSA) is 81.5 Å². The molecule has 1 amide bonds. The van der Waals surface area contributed by atoms with Crippen molar-refractivity contribution in [2.45, 2.75) is 13.0 Å². The largest absolute Gasteiger partial charge is 0.413 e. The highest BCUT2D eigenvalue weighted by atomic mass is 19.1. The van der Waals surface area contributed by atoms with Crippen molar-refractivity contribution in [1.29, 1.82) is 0 Å². The third-order valence-corrected chi connectivity index (χ3v) is 2.94. The molecule has 0 aliphatic heterocycles. The number of carbonyl (C=O) groups excluding carboxylic acids is 1. The third-order valence-electron chi connectivity index (χ3n) is 2.94. The van der Waals surface area contributed by atoms with Crippen molar-refractivity contribution < 1.29 is 18.8 Å². The molecule has 0 saturated carbocycles. The zero-order valence-electron chi connectivity index (χ0n) is 11.7. The minimum atomic E-state index is -0.731. The minimum Gasteiger partial charge on any atom is -0.410 e. The van der Waals surface area contributed by atoms with E-state index in [1.807, 2.05) is 0 Å². The van der Waals surface area contributed by atoms with Crippen molar-refractivity contribution in [3.63, 3.8) is 0 Å². The maximum absolute atomic E-state index is 13.1. The summed E-state index contributed by atoms with van der Waals surface area (Å²) in [4.78, 5) is 21.7. The number of ether oxygens (including phenoxy) is 1. The highest BCUT2D eigenvalue weighted by molar-refractivity contribution is 5.71. The fourth-order valence-electron chi connectivity index (χ4n) is 1.81. The Balaban J connectivity index is 1.96. The van der Waals surface area contributed by atoms with Crippen molar-refractivity contribution in [2.24, 2.45) is 0 Å². The number of nitro groups is 1. The van der Waals surface area contributed by atoms with Gasteiger partial charge in [-0.15, -0.1) is 0 Å². The maximum Gasteiger partial charge on any atom is 0.413 e. The van der Waals surface area contributed by atoms with Gasteiger partial charge in [-0.05, 0) is 36.8 Å². The number of rotatable bonds is 4. The molecule has 0 aliphatic carbocycles. The molecule has 1 atom stereocenters. The van der Waals surface area contributed by atoms with E-state index < -0.39 is 22.9 Å². The number of nitro benzene ring substituents is 1. The summed E-state index contributed by atoms with van der Waals surface area (Å²) in [6.45, 7) is 1.69. The van der Waals surface area contributed by atoms with Gasteiger partial charge in [-0.25, -0.2) is 9.18 Å². The van der Waals surface area contributed by atoms with Gasteiger partial charge in [-0.2, -0.15) is 0 Å². The van der Waals surface area contributed by atoms with E-state index in [9.17, 15) is 19.3 Å².